The second kappa shape index (κ2) is 2.75. The van der Waals surface area contributed by atoms with Gasteiger partial charge in [-0.15, -0.1) is 0 Å². The van der Waals surface area contributed by atoms with Gasteiger partial charge in [0.25, 0.3) is 0 Å². The van der Waals surface area contributed by atoms with E-state index in [1.165, 1.54) is 5.69 Å². The molecule has 2 aliphatic rings. The molecule has 72 valence electrons. The van der Waals surface area contributed by atoms with Gasteiger partial charge in [0, 0.05) is 19.6 Å². The van der Waals surface area contributed by atoms with Gasteiger partial charge in [-0.3, -0.25) is 0 Å². The second-order valence-electron chi connectivity index (χ2n) is 3.37. The molecule has 0 aliphatic carbocycles. The smallest absolute Gasteiger partial charge is 0.198 e. The number of hydrogen-bond donors (Lipinski definition) is 1. The van der Waals surface area contributed by atoms with Crippen LogP contribution in [0.5, 0.6) is 0 Å². The Morgan fingerprint density at radius 1 is 1.50 bits per heavy atom. The fourth-order valence-corrected chi connectivity index (χ4v) is 1.92. The molecule has 5 heteroatoms. The van der Waals surface area contributed by atoms with Crippen LogP contribution in [0.1, 0.15) is 24.1 Å². The summed E-state index contributed by atoms with van der Waals surface area (Å²) in [7, 11) is 0. The molecule has 0 spiro atoms. The highest BCUT2D eigenvalue weighted by molar-refractivity contribution is 6.10. The van der Waals surface area contributed by atoms with E-state index >= 15 is 0 Å². The highest BCUT2D eigenvalue weighted by atomic mass is 15.2. The average Bonchev–Trinajstić information content (AvgIpc) is 2.60. The number of imidazole rings is 1. The summed E-state index contributed by atoms with van der Waals surface area (Å²) in [6.45, 7) is 4.82. The number of nitrogens with one attached hydrogen (secondary N) is 1. The van der Waals surface area contributed by atoms with E-state index in [9.17, 15) is 0 Å². The predicted octanol–water partition coefficient (Wildman–Crippen LogP) is 0.295. The van der Waals surface area contributed by atoms with Gasteiger partial charge in [-0.2, -0.15) is 0 Å². The Morgan fingerprint density at radius 2 is 2.36 bits per heavy atom. The number of aromatic nitrogens is 2. The van der Waals surface area contributed by atoms with E-state index in [1.54, 1.807) is 6.34 Å². The van der Waals surface area contributed by atoms with Gasteiger partial charge in [-0.25, -0.2) is 15.0 Å². The van der Waals surface area contributed by atoms with Gasteiger partial charge in [0.1, 0.15) is 6.34 Å². The van der Waals surface area contributed by atoms with Crippen molar-refractivity contribution in [2.45, 2.75) is 26.6 Å². The van der Waals surface area contributed by atoms with Crippen molar-refractivity contribution < 1.29 is 0 Å². The molecule has 0 amide bonds. The summed E-state index contributed by atoms with van der Waals surface area (Å²) < 4.78 is 2.19. The molecule has 0 fully saturated rings. The number of amidine groups is 1. The number of fused-ring (bicyclic) bond motifs is 1. The maximum absolute atomic E-state index is 4.54. The summed E-state index contributed by atoms with van der Waals surface area (Å²) in [6.07, 6.45) is 1.56. The van der Waals surface area contributed by atoms with Crippen molar-refractivity contribution >= 4 is 12.2 Å². The zero-order valence-electron chi connectivity index (χ0n) is 7.99. The van der Waals surface area contributed by atoms with Crippen LogP contribution in [0, 0.1) is 0 Å². The van der Waals surface area contributed by atoms with Gasteiger partial charge in [-0.1, -0.05) is 0 Å². The predicted molar refractivity (Wildman–Crippen MR) is 53.5 cm³/mol. The minimum atomic E-state index is 0.765. The van der Waals surface area contributed by atoms with Crippen molar-refractivity contribution in [3.05, 3.63) is 17.2 Å². The largest absolute Gasteiger partial charge is 0.324 e. The number of aliphatic imine (C=N–C) groups is 2. The Bertz CT molecular complexity index is 440. The van der Waals surface area contributed by atoms with Crippen LogP contribution >= 0.6 is 0 Å². The molecule has 0 atom stereocenters. The molecule has 1 aromatic heterocycles. The SMILES string of the molecule is CCn1c(C2=NC=N2)nc2c1CNC2. The monoisotopic (exact) mass is 189 g/mol. The van der Waals surface area contributed by atoms with Crippen molar-refractivity contribution in [3.8, 4) is 0 Å². The Hall–Kier alpha value is -1.49. The lowest BCUT2D eigenvalue weighted by molar-refractivity contribution is 0.665. The molecule has 0 saturated heterocycles. The first-order valence-corrected chi connectivity index (χ1v) is 4.80. The minimum Gasteiger partial charge on any atom is -0.324 e. The lowest BCUT2D eigenvalue weighted by Gasteiger charge is -2.09. The molecular weight excluding hydrogens is 178 g/mol. The van der Waals surface area contributed by atoms with Crippen molar-refractivity contribution in [2.75, 3.05) is 0 Å². The van der Waals surface area contributed by atoms with Crippen LogP contribution in [0.3, 0.4) is 0 Å². The molecular formula is C9H11N5. The fourth-order valence-electron chi connectivity index (χ4n) is 1.92. The molecule has 3 heterocycles. The lowest BCUT2D eigenvalue weighted by atomic mass is 10.4. The van der Waals surface area contributed by atoms with Crippen LogP contribution in [0.2, 0.25) is 0 Å². The summed E-state index contributed by atoms with van der Waals surface area (Å²) in [5.41, 5.74) is 2.43. The fraction of sp³-hybridized carbons (Fsp3) is 0.444. The van der Waals surface area contributed by atoms with E-state index in [0.717, 1.165) is 37.0 Å². The van der Waals surface area contributed by atoms with Crippen molar-refractivity contribution in [1.82, 2.24) is 14.9 Å². The van der Waals surface area contributed by atoms with Crippen LogP contribution in [-0.4, -0.2) is 21.7 Å². The van der Waals surface area contributed by atoms with Gasteiger partial charge >= 0.3 is 0 Å². The summed E-state index contributed by atoms with van der Waals surface area (Å²) >= 11 is 0. The summed E-state index contributed by atoms with van der Waals surface area (Å²) in [6, 6.07) is 0. The molecule has 2 aliphatic heterocycles. The Kier molecular flexibility index (Phi) is 1.55. The van der Waals surface area contributed by atoms with E-state index in [-0.39, 0.29) is 0 Å². The Balaban J connectivity index is 2.11. The molecule has 1 N–H and O–H groups in total. The van der Waals surface area contributed by atoms with Crippen molar-refractivity contribution in [2.24, 2.45) is 9.98 Å². The topological polar surface area (TPSA) is 54.6 Å². The van der Waals surface area contributed by atoms with Crippen molar-refractivity contribution in [3.63, 3.8) is 0 Å². The van der Waals surface area contributed by atoms with Crippen LogP contribution in [0.15, 0.2) is 9.98 Å². The van der Waals surface area contributed by atoms with E-state index < -0.39 is 0 Å². The third-order valence-electron chi connectivity index (χ3n) is 2.62. The van der Waals surface area contributed by atoms with E-state index in [4.69, 9.17) is 0 Å². The zero-order chi connectivity index (χ0) is 9.54. The van der Waals surface area contributed by atoms with Gasteiger partial charge in [0.05, 0.1) is 11.4 Å². The Labute approximate surface area is 81.6 Å². The van der Waals surface area contributed by atoms with Crippen LogP contribution in [0.25, 0.3) is 0 Å². The molecule has 0 radical (unpaired) electrons. The summed E-state index contributed by atoms with van der Waals surface area (Å²) in [4.78, 5) is 12.7. The van der Waals surface area contributed by atoms with Gasteiger partial charge in [0.15, 0.2) is 11.7 Å². The normalized spacial score (nSPS) is 17.9. The van der Waals surface area contributed by atoms with E-state index in [0.29, 0.717) is 0 Å². The van der Waals surface area contributed by atoms with Gasteiger partial charge in [0.2, 0.25) is 0 Å². The van der Waals surface area contributed by atoms with Crippen LogP contribution in [0.4, 0.5) is 0 Å². The maximum atomic E-state index is 4.54. The van der Waals surface area contributed by atoms with Crippen LogP contribution in [-0.2, 0) is 19.6 Å². The number of nitrogens with zero attached hydrogens (tertiary/aromatic N) is 4. The summed E-state index contributed by atoms with van der Waals surface area (Å²) in [5, 5.41) is 3.28. The molecule has 0 unspecified atom stereocenters. The molecule has 5 nitrogen and oxygen atoms in total. The minimum absolute atomic E-state index is 0.765. The molecule has 0 bridgehead atoms. The van der Waals surface area contributed by atoms with Crippen LogP contribution < -0.4 is 5.32 Å². The first-order valence-electron chi connectivity index (χ1n) is 4.80. The van der Waals surface area contributed by atoms with Crippen molar-refractivity contribution in [1.29, 1.82) is 0 Å². The molecule has 3 rings (SSSR count). The molecule has 1 aromatic rings. The average molecular weight is 189 g/mol. The van der Waals surface area contributed by atoms with Gasteiger partial charge < -0.3 is 9.88 Å². The second-order valence-corrected chi connectivity index (χ2v) is 3.37. The van der Waals surface area contributed by atoms with E-state index in [2.05, 4.69) is 31.8 Å². The standard InChI is InChI=1S/C9H11N5/c1-2-14-7-4-10-3-6(7)13-9(14)8-11-5-12-8/h5,10H,2-4H2,1H3. The highest BCUT2D eigenvalue weighted by Gasteiger charge is 2.23. The molecule has 0 aromatic carbocycles. The lowest BCUT2D eigenvalue weighted by Crippen LogP contribution is -2.16. The first-order chi connectivity index (χ1) is 6.90. The Morgan fingerprint density at radius 3 is 3.00 bits per heavy atom. The third kappa shape index (κ3) is 0.899. The first kappa shape index (κ1) is 7.87. The quantitative estimate of drug-likeness (QED) is 0.727. The number of rotatable bonds is 2. The summed E-state index contributed by atoms with van der Waals surface area (Å²) in [5.74, 6) is 1.68. The maximum Gasteiger partial charge on any atom is 0.198 e. The number of hydrogen-bond acceptors (Lipinski definition) is 4. The third-order valence-corrected chi connectivity index (χ3v) is 2.62. The highest BCUT2D eigenvalue weighted by Crippen LogP contribution is 2.18. The zero-order valence-corrected chi connectivity index (χ0v) is 7.99. The van der Waals surface area contributed by atoms with E-state index in [1.807, 2.05) is 0 Å². The van der Waals surface area contributed by atoms with Gasteiger partial charge in [-0.05, 0) is 6.92 Å². The molecule has 14 heavy (non-hydrogen) atoms. The molecule has 0 saturated carbocycles.